The van der Waals surface area contributed by atoms with Crippen LogP contribution >= 0.6 is 0 Å². The molecule has 0 aliphatic heterocycles. The minimum absolute atomic E-state index is 0.110. The summed E-state index contributed by atoms with van der Waals surface area (Å²) < 4.78 is 4.96. The Labute approximate surface area is 88.7 Å². The second kappa shape index (κ2) is 5.48. The maximum Gasteiger partial charge on any atom is 0.312 e. The zero-order valence-corrected chi connectivity index (χ0v) is 8.64. The van der Waals surface area contributed by atoms with Crippen molar-refractivity contribution in [3.63, 3.8) is 0 Å². The molecule has 4 heteroatoms. The molecule has 0 aromatic heterocycles. The van der Waals surface area contributed by atoms with Gasteiger partial charge >= 0.3 is 5.97 Å². The highest BCUT2D eigenvalue weighted by Crippen LogP contribution is 2.15. The van der Waals surface area contributed by atoms with Crippen molar-refractivity contribution in [3.8, 4) is 0 Å². The smallest absolute Gasteiger partial charge is 0.312 e. The normalized spacial score (nSPS) is 12.4. The first-order chi connectivity index (χ1) is 7.19. The van der Waals surface area contributed by atoms with Crippen LogP contribution < -0.4 is 5.73 Å². The number of hydrogen-bond acceptors (Lipinski definition) is 3. The molecule has 1 unspecified atom stereocenters. The van der Waals surface area contributed by atoms with Crippen LogP contribution in [0.15, 0.2) is 24.3 Å². The highest BCUT2D eigenvalue weighted by Gasteiger charge is 2.17. The summed E-state index contributed by atoms with van der Waals surface area (Å²) >= 11 is 0. The minimum atomic E-state index is -0.892. The van der Waals surface area contributed by atoms with Gasteiger partial charge in [-0.3, -0.25) is 4.79 Å². The second-order valence-electron chi connectivity index (χ2n) is 3.30. The number of hydrogen-bond donors (Lipinski definition) is 2. The van der Waals surface area contributed by atoms with Crippen LogP contribution in [0.4, 0.5) is 0 Å². The van der Waals surface area contributed by atoms with Gasteiger partial charge in [-0.25, -0.2) is 0 Å². The number of carbonyl (C=O) groups is 1. The molecule has 1 rings (SSSR count). The summed E-state index contributed by atoms with van der Waals surface area (Å²) in [5.74, 6) is -1.52. The fourth-order valence-electron chi connectivity index (χ4n) is 1.39. The topological polar surface area (TPSA) is 72.5 Å². The summed E-state index contributed by atoms with van der Waals surface area (Å²) in [4.78, 5) is 10.8. The van der Waals surface area contributed by atoms with Crippen LogP contribution in [-0.4, -0.2) is 24.7 Å². The van der Waals surface area contributed by atoms with Crippen LogP contribution in [0.5, 0.6) is 0 Å². The van der Waals surface area contributed by atoms with E-state index in [4.69, 9.17) is 15.6 Å². The standard InChI is InChI=1S/C11H15NO3/c1-15-7-8-2-4-9(5-3-8)10(6-12)11(13)14/h2-5,10H,6-7,12H2,1H3,(H,13,14). The van der Waals surface area contributed by atoms with E-state index < -0.39 is 11.9 Å². The Morgan fingerprint density at radius 2 is 2.07 bits per heavy atom. The molecule has 4 nitrogen and oxygen atoms in total. The summed E-state index contributed by atoms with van der Waals surface area (Å²) in [6.07, 6.45) is 0. The molecule has 0 heterocycles. The molecular weight excluding hydrogens is 194 g/mol. The van der Waals surface area contributed by atoms with E-state index in [1.165, 1.54) is 0 Å². The Kier molecular flexibility index (Phi) is 4.27. The summed E-state index contributed by atoms with van der Waals surface area (Å²) in [6.45, 7) is 0.638. The summed E-state index contributed by atoms with van der Waals surface area (Å²) in [5, 5.41) is 8.89. The number of rotatable bonds is 5. The predicted molar refractivity (Wildman–Crippen MR) is 56.6 cm³/mol. The van der Waals surface area contributed by atoms with E-state index in [9.17, 15) is 4.79 Å². The number of carboxylic acids is 1. The van der Waals surface area contributed by atoms with Gasteiger partial charge in [-0.1, -0.05) is 24.3 Å². The molecule has 1 aromatic carbocycles. The van der Waals surface area contributed by atoms with E-state index in [1.807, 2.05) is 12.1 Å². The zero-order chi connectivity index (χ0) is 11.3. The van der Waals surface area contributed by atoms with Crippen molar-refractivity contribution in [2.75, 3.05) is 13.7 Å². The van der Waals surface area contributed by atoms with E-state index in [-0.39, 0.29) is 6.54 Å². The monoisotopic (exact) mass is 209 g/mol. The van der Waals surface area contributed by atoms with Gasteiger partial charge in [0.15, 0.2) is 0 Å². The average Bonchev–Trinajstić information content (AvgIpc) is 2.21. The van der Waals surface area contributed by atoms with Crippen molar-refractivity contribution in [2.45, 2.75) is 12.5 Å². The Morgan fingerprint density at radius 3 is 2.47 bits per heavy atom. The number of nitrogens with two attached hydrogens (primary N) is 1. The Balaban J connectivity index is 2.82. The van der Waals surface area contributed by atoms with E-state index >= 15 is 0 Å². The van der Waals surface area contributed by atoms with Crippen LogP contribution in [0.2, 0.25) is 0 Å². The lowest BCUT2D eigenvalue weighted by Crippen LogP contribution is -2.21. The first kappa shape index (κ1) is 11.7. The molecule has 3 N–H and O–H groups in total. The number of benzene rings is 1. The lowest BCUT2D eigenvalue weighted by molar-refractivity contribution is -0.138. The average molecular weight is 209 g/mol. The van der Waals surface area contributed by atoms with Gasteiger partial charge < -0.3 is 15.6 Å². The van der Waals surface area contributed by atoms with Crippen molar-refractivity contribution in [1.29, 1.82) is 0 Å². The summed E-state index contributed by atoms with van der Waals surface area (Å²) in [6, 6.07) is 7.26. The van der Waals surface area contributed by atoms with E-state index in [0.29, 0.717) is 6.61 Å². The molecular formula is C11H15NO3. The lowest BCUT2D eigenvalue weighted by atomic mass is 9.98. The summed E-state index contributed by atoms with van der Waals surface area (Å²) in [5.41, 5.74) is 7.14. The Morgan fingerprint density at radius 1 is 1.47 bits per heavy atom. The number of aliphatic carboxylic acids is 1. The quantitative estimate of drug-likeness (QED) is 0.757. The second-order valence-corrected chi connectivity index (χ2v) is 3.30. The molecule has 0 fully saturated rings. The molecule has 0 saturated heterocycles. The van der Waals surface area contributed by atoms with Crippen molar-refractivity contribution < 1.29 is 14.6 Å². The van der Waals surface area contributed by atoms with Gasteiger partial charge in [0, 0.05) is 13.7 Å². The highest BCUT2D eigenvalue weighted by atomic mass is 16.5. The molecule has 0 bridgehead atoms. The number of ether oxygens (including phenoxy) is 1. The third-order valence-corrected chi connectivity index (χ3v) is 2.23. The first-order valence-electron chi connectivity index (χ1n) is 4.69. The van der Waals surface area contributed by atoms with Gasteiger partial charge in [-0.05, 0) is 11.1 Å². The maximum atomic E-state index is 10.8. The van der Waals surface area contributed by atoms with Gasteiger partial charge in [0.25, 0.3) is 0 Å². The van der Waals surface area contributed by atoms with Gasteiger partial charge in [0.2, 0.25) is 0 Å². The fourth-order valence-corrected chi connectivity index (χ4v) is 1.39. The van der Waals surface area contributed by atoms with Gasteiger partial charge in [-0.15, -0.1) is 0 Å². The molecule has 82 valence electrons. The molecule has 0 spiro atoms. The van der Waals surface area contributed by atoms with Gasteiger partial charge in [-0.2, -0.15) is 0 Å². The SMILES string of the molecule is COCc1ccc(C(CN)C(=O)O)cc1. The van der Waals surface area contributed by atoms with Crippen LogP contribution in [0, 0.1) is 0 Å². The van der Waals surface area contributed by atoms with Crippen LogP contribution in [0.1, 0.15) is 17.0 Å². The van der Waals surface area contributed by atoms with Crippen molar-refractivity contribution in [2.24, 2.45) is 5.73 Å². The Hall–Kier alpha value is -1.39. The number of methoxy groups -OCH3 is 1. The summed E-state index contributed by atoms with van der Waals surface area (Å²) in [7, 11) is 1.62. The van der Waals surface area contributed by atoms with Crippen LogP contribution in [0.3, 0.4) is 0 Å². The molecule has 0 aliphatic rings. The highest BCUT2D eigenvalue weighted by molar-refractivity contribution is 5.76. The maximum absolute atomic E-state index is 10.8. The lowest BCUT2D eigenvalue weighted by Gasteiger charge is -2.10. The van der Waals surface area contributed by atoms with E-state index in [1.54, 1.807) is 19.2 Å². The van der Waals surface area contributed by atoms with Crippen molar-refractivity contribution in [1.82, 2.24) is 0 Å². The first-order valence-corrected chi connectivity index (χ1v) is 4.69. The molecule has 0 radical (unpaired) electrons. The fraction of sp³-hybridized carbons (Fsp3) is 0.364. The largest absolute Gasteiger partial charge is 0.481 e. The van der Waals surface area contributed by atoms with Gasteiger partial charge in [0.1, 0.15) is 0 Å². The molecule has 15 heavy (non-hydrogen) atoms. The Bertz CT molecular complexity index is 321. The molecule has 1 atom stereocenters. The molecule has 0 amide bonds. The number of carboxylic acid groups (broad SMARTS) is 1. The predicted octanol–water partition coefficient (Wildman–Crippen LogP) is 0.960. The third kappa shape index (κ3) is 3.04. The minimum Gasteiger partial charge on any atom is -0.481 e. The van der Waals surface area contributed by atoms with Gasteiger partial charge in [0.05, 0.1) is 12.5 Å². The zero-order valence-electron chi connectivity index (χ0n) is 8.64. The molecule has 1 aromatic rings. The van der Waals surface area contributed by atoms with Crippen molar-refractivity contribution >= 4 is 5.97 Å². The van der Waals surface area contributed by atoms with E-state index in [0.717, 1.165) is 11.1 Å². The van der Waals surface area contributed by atoms with E-state index in [2.05, 4.69) is 0 Å². The van der Waals surface area contributed by atoms with Crippen LogP contribution in [0.25, 0.3) is 0 Å². The van der Waals surface area contributed by atoms with Crippen molar-refractivity contribution in [3.05, 3.63) is 35.4 Å². The third-order valence-electron chi connectivity index (χ3n) is 2.23. The molecule has 0 aliphatic carbocycles. The van der Waals surface area contributed by atoms with Crippen LogP contribution in [-0.2, 0) is 16.1 Å². The molecule has 0 saturated carbocycles.